The highest BCUT2D eigenvalue weighted by Gasteiger charge is 2.23. The second kappa shape index (κ2) is 4.99. The summed E-state index contributed by atoms with van der Waals surface area (Å²) in [7, 11) is 0. The average molecular weight is 241 g/mol. The molecule has 1 fully saturated rings. The summed E-state index contributed by atoms with van der Waals surface area (Å²) >= 11 is 0. The zero-order valence-electron chi connectivity index (χ0n) is 10.5. The molecule has 0 aromatic heterocycles. The molecule has 0 radical (unpaired) electrons. The van der Waals surface area contributed by atoms with Crippen LogP contribution in [0.5, 0.6) is 5.75 Å². The van der Waals surface area contributed by atoms with E-state index in [4.69, 9.17) is 10.5 Å². The lowest BCUT2D eigenvalue weighted by atomic mass is 9.93. The van der Waals surface area contributed by atoms with Gasteiger partial charge in [-0.1, -0.05) is 36.8 Å². The lowest BCUT2D eigenvalue weighted by Gasteiger charge is -2.29. The zero-order valence-corrected chi connectivity index (χ0v) is 10.5. The lowest BCUT2D eigenvalue weighted by molar-refractivity contribution is 0.132. The number of benzene rings is 2. The van der Waals surface area contributed by atoms with Crippen LogP contribution < -0.4 is 10.5 Å². The van der Waals surface area contributed by atoms with E-state index in [1.54, 1.807) is 0 Å². The van der Waals surface area contributed by atoms with Crippen molar-refractivity contribution in [2.75, 3.05) is 0 Å². The number of ether oxygens (including phenoxy) is 1. The second-order valence-corrected chi connectivity index (χ2v) is 5.11. The molecule has 94 valence electrons. The van der Waals surface area contributed by atoms with E-state index >= 15 is 0 Å². The summed E-state index contributed by atoms with van der Waals surface area (Å²) in [6.07, 6.45) is 4.80. The van der Waals surface area contributed by atoms with Gasteiger partial charge in [0.25, 0.3) is 0 Å². The van der Waals surface area contributed by atoms with Crippen LogP contribution in [0.1, 0.15) is 25.7 Å². The van der Waals surface area contributed by atoms with Crippen molar-refractivity contribution in [1.82, 2.24) is 0 Å². The molecule has 0 aliphatic heterocycles. The largest absolute Gasteiger partial charge is 0.489 e. The van der Waals surface area contributed by atoms with Crippen molar-refractivity contribution >= 4 is 10.8 Å². The van der Waals surface area contributed by atoms with Crippen molar-refractivity contribution in [1.29, 1.82) is 0 Å². The molecule has 1 saturated carbocycles. The summed E-state index contributed by atoms with van der Waals surface area (Å²) in [4.78, 5) is 0. The van der Waals surface area contributed by atoms with Gasteiger partial charge in [0.15, 0.2) is 0 Å². The third-order valence-corrected chi connectivity index (χ3v) is 3.76. The molecule has 0 heterocycles. The van der Waals surface area contributed by atoms with Gasteiger partial charge in [0.1, 0.15) is 11.9 Å². The minimum Gasteiger partial charge on any atom is -0.489 e. The highest BCUT2D eigenvalue weighted by atomic mass is 16.5. The Kier molecular flexibility index (Phi) is 3.20. The maximum atomic E-state index is 6.11. The topological polar surface area (TPSA) is 35.2 Å². The maximum absolute atomic E-state index is 6.11. The first-order chi connectivity index (χ1) is 8.83. The summed E-state index contributed by atoms with van der Waals surface area (Å²) in [5, 5.41) is 2.47. The molecule has 0 saturated heterocycles. The quantitative estimate of drug-likeness (QED) is 0.873. The normalized spacial score (nSPS) is 24.1. The van der Waals surface area contributed by atoms with E-state index in [0.29, 0.717) is 0 Å². The van der Waals surface area contributed by atoms with E-state index in [9.17, 15) is 0 Å². The molecule has 2 nitrogen and oxygen atoms in total. The molecular weight excluding hydrogens is 222 g/mol. The Morgan fingerprint density at radius 2 is 1.72 bits per heavy atom. The van der Waals surface area contributed by atoms with Crippen molar-refractivity contribution in [3.8, 4) is 5.75 Å². The summed E-state index contributed by atoms with van der Waals surface area (Å²) < 4.78 is 6.05. The zero-order chi connectivity index (χ0) is 12.4. The van der Waals surface area contributed by atoms with E-state index in [2.05, 4.69) is 36.4 Å². The van der Waals surface area contributed by atoms with Gasteiger partial charge in [0, 0.05) is 6.04 Å². The molecule has 0 bridgehead atoms. The van der Waals surface area contributed by atoms with Gasteiger partial charge in [-0.25, -0.2) is 0 Å². The first-order valence-electron chi connectivity index (χ1n) is 6.74. The standard InChI is InChI=1S/C16H19NO/c17-15-7-3-4-8-16(15)18-14-10-9-12-5-1-2-6-13(12)11-14/h1-2,5-6,9-11,15-16H,3-4,7-8,17H2. The van der Waals surface area contributed by atoms with E-state index < -0.39 is 0 Å². The molecule has 2 aromatic rings. The highest BCUT2D eigenvalue weighted by Crippen LogP contribution is 2.25. The van der Waals surface area contributed by atoms with Crippen LogP contribution in [0.25, 0.3) is 10.8 Å². The van der Waals surface area contributed by atoms with Crippen LogP contribution in [0, 0.1) is 0 Å². The second-order valence-electron chi connectivity index (χ2n) is 5.11. The van der Waals surface area contributed by atoms with Gasteiger partial charge in [-0.15, -0.1) is 0 Å². The van der Waals surface area contributed by atoms with E-state index in [-0.39, 0.29) is 12.1 Å². The van der Waals surface area contributed by atoms with Crippen LogP contribution >= 0.6 is 0 Å². The van der Waals surface area contributed by atoms with Gasteiger partial charge in [-0.3, -0.25) is 0 Å². The smallest absolute Gasteiger partial charge is 0.120 e. The number of hydrogen-bond donors (Lipinski definition) is 1. The Bertz CT molecular complexity index is 537. The molecule has 3 rings (SSSR count). The fourth-order valence-electron chi connectivity index (χ4n) is 2.69. The van der Waals surface area contributed by atoms with Crippen LogP contribution in [-0.4, -0.2) is 12.1 Å². The molecule has 18 heavy (non-hydrogen) atoms. The molecule has 0 amide bonds. The summed E-state index contributed by atoms with van der Waals surface area (Å²) in [5.41, 5.74) is 6.11. The predicted molar refractivity (Wildman–Crippen MR) is 74.8 cm³/mol. The average Bonchev–Trinajstić information content (AvgIpc) is 2.41. The Morgan fingerprint density at radius 3 is 2.56 bits per heavy atom. The molecule has 1 aliphatic carbocycles. The molecule has 2 heteroatoms. The predicted octanol–water partition coefficient (Wildman–Crippen LogP) is 3.49. The fraction of sp³-hybridized carbons (Fsp3) is 0.375. The van der Waals surface area contributed by atoms with Crippen molar-refractivity contribution in [3.63, 3.8) is 0 Å². The van der Waals surface area contributed by atoms with Gasteiger partial charge in [-0.2, -0.15) is 0 Å². The Morgan fingerprint density at radius 1 is 0.944 bits per heavy atom. The summed E-state index contributed by atoms with van der Waals surface area (Å²) in [6.45, 7) is 0. The van der Waals surface area contributed by atoms with Crippen LogP contribution in [0.15, 0.2) is 42.5 Å². The Balaban J connectivity index is 1.81. The summed E-state index contributed by atoms with van der Waals surface area (Å²) in [6, 6.07) is 14.8. The molecule has 2 N–H and O–H groups in total. The van der Waals surface area contributed by atoms with Crippen molar-refractivity contribution in [3.05, 3.63) is 42.5 Å². The molecule has 2 atom stereocenters. The third kappa shape index (κ3) is 2.34. The van der Waals surface area contributed by atoms with Crippen LogP contribution in [0.3, 0.4) is 0 Å². The highest BCUT2D eigenvalue weighted by molar-refractivity contribution is 5.83. The van der Waals surface area contributed by atoms with Crippen LogP contribution in [0.4, 0.5) is 0 Å². The Labute approximate surface area is 108 Å². The van der Waals surface area contributed by atoms with Gasteiger partial charge in [-0.05, 0) is 42.2 Å². The number of fused-ring (bicyclic) bond motifs is 1. The number of hydrogen-bond acceptors (Lipinski definition) is 2. The van der Waals surface area contributed by atoms with Crippen LogP contribution in [-0.2, 0) is 0 Å². The van der Waals surface area contributed by atoms with Gasteiger partial charge in [0.05, 0.1) is 0 Å². The monoisotopic (exact) mass is 241 g/mol. The van der Waals surface area contributed by atoms with Gasteiger partial charge < -0.3 is 10.5 Å². The van der Waals surface area contributed by atoms with Gasteiger partial charge >= 0.3 is 0 Å². The molecule has 0 spiro atoms. The molecular formula is C16H19NO. The summed E-state index contributed by atoms with van der Waals surface area (Å²) in [5.74, 6) is 0.941. The van der Waals surface area contributed by atoms with Crippen molar-refractivity contribution in [2.24, 2.45) is 5.73 Å². The third-order valence-electron chi connectivity index (χ3n) is 3.76. The van der Waals surface area contributed by atoms with E-state index in [0.717, 1.165) is 18.6 Å². The first-order valence-corrected chi connectivity index (χ1v) is 6.74. The van der Waals surface area contributed by atoms with Crippen molar-refractivity contribution in [2.45, 2.75) is 37.8 Å². The fourth-order valence-corrected chi connectivity index (χ4v) is 2.69. The van der Waals surface area contributed by atoms with Crippen LogP contribution in [0.2, 0.25) is 0 Å². The van der Waals surface area contributed by atoms with Gasteiger partial charge in [0.2, 0.25) is 0 Å². The molecule has 1 aliphatic rings. The minimum absolute atomic E-state index is 0.180. The lowest BCUT2D eigenvalue weighted by Crippen LogP contribution is -2.41. The molecule has 2 unspecified atom stereocenters. The molecule has 2 aromatic carbocycles. The number of nitrogens with two attached hydrogens (primary N) is 1. The maximum Gasteiger partial charge on any atom is 0.120 e. The van der Waals surface area contributed by atoms with E-state index in [1.807, 2.05) is 6.07 Å². The SMILES string of the molecule is NC1CCCCC1Oc1ccc2ccccc2c1. The van der Waals surface area contributed by atoms with Crippen molar-refractivity contribution < 1.29 is 4.74 Å². The minimum atomic E-state index is 0.180. The Hall–Kier alpha value is -1.54. The number of rotatable bonds is 2. The van der Waals surface area contributed by atoms with E-state index in [1.165, 1.54) is 23.6 Å². The first kappa shape index (κ1) is 11.5.